The Morgan fingerprint density at radius 3 is 2.83 bits per heavy atom. The summed E-state index contributed by atoms with van der Waals surface area (Å²) in [6.45, 7) is 1.73. The summed E-state index contributed by atoms with van der Waals surface area (Å²) in [6.07, 6.45) is 0. The van der Waals surface area contributed by atoms with Gasteiger partial charge in [0.2, 0.25) is 5.89 Å². The first kappa shape index (κ1) is 12.3. The van der Waals surface area contributed by atoms with Crippen LogP contribution in [-0.4, -0.2) is 17.3 Å². The highest BCUT2D eigenvalue weighted by atomic mass is 19.1. The van der Waals surface area contributed by atoms with Crippen molar-refractivity contribution in [2.75, 3.05) is 12.4 Å². The standard InChI is InChI=1S/C11H13FN4O2/c1-6(13)10-15-16-11(18-10)14-8-4-3-7(12)5-9(8)17-2/h3-6H,13H2,1-2H3,(H,14,16). The van der Waals surface area contributed by atoms with Gasteiger partial charge >= 0.3 is 6.01 Å². The monoisotopic (exact) mass is 252 g/mol. The zero-order chi connectivity index (χ0) is 13.1. The fourth-order valence-electron chi connectivity index (χ4n) is 1.35. The first-order valence-corrected chi connectivity index (χ1v) is 5.29. The van der Waals surface area contributed by atoms with Gasteiger partial charge in [-0.3, -0.25) is 0 Å². The van der Waals surface area contributed by atoms with E-state index < -0.39 is 0 Å². The molecule has 0 bridgehead atoms. The van der Waals surface area contributed by atoms with E-state index in [0.29, 0.717) is 17.3 Å². The number of anilines is 2. The molecule has 0 radical (unpaired) electrons. The summed E-state index contributed by atoms with van der Waals surface area (Å²) in [7, 11) is 1.45. The van der Waals surface area contributed by atoms with E-state index in [4.69, 9.17) is 14.9 Å². The van der Waals surface area contributed by atoms with Gasteiger partial charge in [-0.05, 0) is 19.1 Å². The van der Waals surface area contributed by atoms with Crippen LogP contribution in [-0.2, 0) is 0 Å². The largest absolute Gasteiger partial charge is 0.494 e. The Balaban J connectivity index is 2.22. The van der Waals surface area contributed by atoms with Crippen LogP contribution in [0.5, 0.6) is 5.75 Å². The number of nitrogens with zero attached hydrogens (tertiary/aromatic N) is 2. The molecule has 7 heteroatoms. The van der Waals surface area contributed by atoms with Crippen LogP contribution in [0.2, 0.25) is 0 Å². The molecule has 1 atom stereocenters. The highest BCUT2D eigenvalue weighted by Crippen LogP contribution is 2.28. The lowest BCUT2D eigenvalue weighted by molar-refractivity contribution is 0.412. The lowest BCUT2D eigenvalue weighted by Gasteiger charge is -2.07. The van der Waals surface area contributed by atoms with E-state index in [9.17, 15) is 4.39 Å². The fraction of sp³-hybridized carbons (Fsp3) is 0.273. The van der Waals surface area contributed by atoms with Crippen LogP contribution < -0.4 is 15.8 Å². The third-order valence-corrected chi connectivity index (χ3v) is 2.24. The molecule has 1 aromatic carbocycles. The lowest BCUT2D eigenvalue weighted by Crippen LogP contribution is -2.04. The molecule has 0 aliphatic heterocycles. The van der Waals surface area contributed by atoms with Crippen molar-refractivity contribution in [2.24, 2.45) is 5.73 Å². The molecule has 6 nitrogen and oxygen atoms in total. The van der Waals surface area contributed by atoms with E-state index in [1.54, 1.807) is 6.92 Å². The maximum Gasteiger partial charge on any atom is 0.320 e. The molecular weight excluding hydrogens is 239 g/mol. The minimum absolute atomic E-state index is 0.173. The number of benzene rings is 1. The molecule has 1 heterocycles. The van der Waals surface area contributed by atoms with Crippen molar-refractivity contribution in [3.63, 3.8) is 0 Å². The SMILES string of the molecule is COc1cc(F)ccc1Nc1nnc(C(C)N)o1. The quantitative estimate of drug-likeness (QED) is 0.865. The average molecular weight is 252 g/mol. The summed E-state index contributed by atoms with van der Waals surface area (Å²) in [5.41, 5.74) is 6.12. The Bertz CT molecular complexity index is 542. The van der Waals surface area contributed by atoms with Crippen molar-refractivity contribution in [1.29, 1.82) is 0 Å². The van der Waals surface area contributed by atoms with Gasteiger partial charge in [0.05, 0.1) is 18.8 Å². The van der Waals surface area contributed by atoms with Gasteiger partial charge in [0, 0.05) is 6.07 Å². The lowest BCUT2D eigenvalue weighted by atomic mass is 10.3. The molecule has 0 amide bonds. The van der Waals surface area contributed by atoms with Crippen molar-refractivity contribution in [3.05, 3.63) is 29.9 Å². The summed E-state index contributed by atoms with van der Waals surface area (Å²) in [5.74, 6) is 0.272. The number of nitrogens with one attached hydrogen (secondary N) is 1. The van der Waals surface area contributed by atoms with Gasteiger partial charge in [-0.15, -0.1) is 5.10 Å². The first-order valence-electron chi connectivity index (χ1n) is 5.29. The van der Waals surface area contributed by atoms with Gasteiger partial charge in [-0.2, -0.15) is 0 Å². The summed E-state index contributed by atoms with van der Waals surface area (Å²) in [6, 6.07) is 3.90. The van der Waals surface area contributed by atoms with Crippen LogP contribution in [0.1, 0.15) is 18.9 Å². The second-order valence-electron chi connectivity index (χ2n) is 3.70. The zero-order valence-corrected chi connectivity index (χ0v) is 9.98. The number of methoxy groups -OCH3 is 1. The summed E-state index contributed by atoms with van der Waals surface area (Å²) in [4.78, 5) is 0. The van der Waals surface area contributed by atoms with Gasteiger partial charge < -0.3 is 20.2 Å². The number of ether oxygens (including phenoxy) is 1. The molecule has 0 aliphatic rings. The fourth-order valence-corrected chi connectivity index (χ4v) is 1.35. The summed E-state index contributed by atoms with van der Waals surface area (Å²) in [5, 5.41) is 10.4. The van der Waals surface area contributed by atoms with Crippen molar-refractivity contribution in [2.45, 2.75) is 13.0 Å². The molecule has 0 spiro atoms. The van der Waals surface area contributed by atoms with Crippen molar-refractivity contribution in [1.82, 2.24) is 10.2 Å². The first-order chi connectivity index (χ1) is 8.60. The topological polar surface area (TPSA) is 86.2 Å². The number of hydrogen-bond acceptors (Lipinski definition) is 6. The molecule has 2 aromatic rings. The maximum atomic E-state index is 13.0. The summed E-state index contributed by atoms with van der Waals surface area (Å²) >= 11 is 0. The minimum Gasteiger partial charge on any atom is -0.494 e. The van der Waals surface area contributed by atoms with E-state index >= 15 is 0 Å². The van der Waals surface area contributed by atoms with Crippen molar-refractivity contribution < 1.29 is 13.5 Å². The third kappa shape index (κ3) is 2.57. The van der Waals surface area contributed by atoms with Gasteiger partial charge in [-0.25, -0.2) is 4.39 Å². The predicted octanol–water partition coefficient (Wildman–Crippen LogP) is 1.98. The van der Waals surface area contributed by atoms with E-state index in [-0.39, 0.29) is 17.9 Å². The van der Waals surface area contributed by atoms with Crippen LogP contribution in [0.15, 0.2) is 22.6 Å². The molecule has 2 rings (SSSR count). The molecule has 0 fully saturated rings. The highest BCUT2D eigenvalue weighted by molar-refractivity contribution is 5.61. The third-order valence-electron chi connectivity index (χ3n) is 2.24. The second kappa shape index (κ2) is 5.01. The predicted molar refractivity (Wildman–Crippen MR) is 63.1 cm³/mol. The number of rotatable bonds is 4. The number of hydrogen-bond donors (Lipinski definition) is 2. The molecule has 0 saturated heterocycles. The number of halogens is 1. The Hall–Kier alpha value is -2.15. The van der Waals surface area contributed by atoms with E-state index in [2.05, 4.69) is 15.5 Å². The van der Waals surface area contributed by atoms with E-state index in [1.807, 2.05) is 0 Å². The molecule has 0 saturated carbocycles. The van der Waals surface area contributed by atoms with Crippen LogP contribution in [0.4, 0.5) is 16.1 Å². The van der Waals surface area contributed by atoms with Crippen LogP contribution in [0.25, 0.3) is 0 Å². The maximum absolute atomic E-state index is 13.0. The van der Waals surface area contributed by atoms with E-state index in [0.717, 1.165) is 0 Å². The minimum atomic E-state index is -0.390. The zero-order valence-electron chi connectivity index (χ0n) is 9.98. The summed E-state index contributed by atoms with van der Waals surface area (Å²) < 4.78 is 23.3. The van der Waals surface area contributed by atoms with Gasteiger partial charge in [0.25, 0.3) is 0 Å². The van der Waals surface area contributed by atoms with Crippen molar-refractivity contribution >= 4 is 11.7 Å². The Morgan fingerprint density at radius 1 is 1.44 bits per heavy atom. The van der Waals surface area contributed by atoms with Gasteiger partial charge in [0.1, 0.15) is 11.6 Å². The molecule has 1 aromatic heterocycles. The van der Waals surface area contributed by atoms with Crippen LogP contribution in [0, 0.1) is 5.82 Å². The Labute approximate surface area is 103 Å². The molecule has 1 unspecified atom stereocenters. The normalized spacial score (nSPS) is 12.2. The Kier molecular flexibility index (Phi) is 3.42. The molecule has 18 heavy (non-hydrogen) atoms. The second-order valence-corrected chi connectivity index (χ2v) is 3.70. The highest BCUT2D eigenvalue weighted by Gasteiger charge is 2.12. The Morgan fingerprint density at radius 2 is 2.22 bits per heavy atom. The van der Waals surface area contributed by atoms with Crippen LogP contribution in [0.3, 0.4) is 0 Å². The van der Waals surface area contributed by atoms with Gasteiger partial charge in [0.15, 0.2) is 0 Å². The van der Waals surface area contributed by atoms with Crippen LogP contribution >= 0.6 is 0 Å². The molecule has 96 valence electrons. The van der Waals surface area contributed by atoms with Gasteiger partial charge in [-0.1, -0.05) is 5.10 Å². The van der Waals surface area contributed by atoms with Crippen molar-refractivity contribution in [3.8, 4) is 5.75 Å². The molecule has 3 N–H and O–H groups in total. The smallest absolute Gasteiger partial charge is 0.320 e. The number of nitrogens with two attached hydrogens (primary N) is 1. The number of aromatic nitrogens is 2. The molecular formula is C11H13FN4O2. The average Bonchev–Trinajstić information content (AvgIpc) is 2.80. The molecule has 0 aliphatic carbocycles. The van der Waals surface area contributed by atoms with E-state index in [1.165, 1.54) is 25.3 Å².